The molecule has 1 rings (SSSR count). The minimum Gasteiger partial charge on any atom is -0.367 e. The number of nitrogens with zero attached hydrogens (tertiary/aromatic N) is 3. The highest BCUT2D eigenvalue weighted by Crippen LogP contribution is 2.68. The minimum absolute atomic E-state index is 0.0740. The fourth-order valence-electron chi connectivity index (χ4n) is 2.84. The molecule has 41 heavy (non-hydrogen) atoms. The second-order valence-electron chi connectivity index (χ2n) is 8.67. The number of hydrogen-bond acceptors (Lipinski definition) is 7. The number of amides is 1. The Morgan fingerprint density at radius 3 is 1.41 bits per heavy atom. The molecule has 0 saturated heterocycles. The molecular weight excluding hydrogens is 592 g/mol. The van der Waals surface area contributed by atoms with Crippen molar-refractivity contribution < 1.29 is 38.6 Å². The van der Waals surface area contributed by atoms with Gasteiger partial charge in [0.1, 0.15) is 0 Å². The van der Waals surface area contributed by atoms with E-state index in [2.05, 4.69) is 62.0 Å². The zero-order valence-electron chi connectivity index (χ0n) is 25.7. The number of carbonyl (C=O) groups is 1. The van der Waals surface area contributed by atoms with Gasteiger partial charge in [0.25, 0.3) is 5.08 Å². The highest BCUT2D eigenvalue weighted by Gasteiger charge is 2.58. The minimum atomic E-state index is -5.45. The average Bonchev–Trinajstić information content (AvgIpc) is 2.91. The summed E-state index contributed by atoms with van der Waals surface area (Å²) in [6, 6.07) is 8.74. The van der Waals surface area contributed by atoms with Gasteiger partial charge in [-0.25, -0.2) is 0 Å². The number of para-hydroxylation sites is 1. The van der Waals surface area contributed by atoms with E-state index in [9.17, 15) is 19.0 Å². The average molecular weight is 646 g/mol. The van der Waals surface area contributed by atoms with Crippen LogP contribution in [-0.4, -0.2) is 116 Å². The Labute approximate surface area is 251 Å². The molecule has 1 aromatic rings. The van der Waals surface area contributed by atoms with E-state index in [0.717, 1.165) is 6.41 Å². The van der Waals surface area contributed by atoms with Crippen LogP contribution in [0.5, 0.6) is 0 Å². The van der Waals surface area contributed by atoms with Crippen LogP contribution in [0.25, 0.3) is 0 Å². The molecule has 0 radical (unpaired) electrons. The Morgan fingerprint density at radius 2 is 1.17 bits per heavy atom. The molecule has 13 nitrogen and oxygen atoms in total. The number of carbonyl (C=O) groups excluding carboxylic acids is 1. The first-order chi connectivity index (χ1) is 18.9. The molecule has 242 valence electrons. The predicted octanol–water partition coefficient (Wildman–Crippen LogP) is 2.77. The smallest absolute Gasteiger partial charge is 0.367 e. The SMILES string of the molecule is CCN(CC)CC.CCN(CC)CC.CN(C)C=O.O=P(O)(O)C(O)(CCNC(=S)Nc1ccccc1)P(=O)(O)O. The number of nitrogens with one attached hydrogen (secondary N) is 2. The molecule has 0 aliphatic heterocycles. The number of thiocarbonyl (C=S) groups is 1. The molecule has 1 amide bonds. The van der Waals surface area contributed by atoms with Gasteiger partial charge >= 0.3 is 15.2 Å². The summed E-state index contributed by atoms with van der Waals surface area (Å²) in [4.78, 5) is 51.5. The van der Waals surface area contributed by atoms with Crippen molar-refractivity contribution in [1.29, 1.82) is 0 Å². The van der Waals surface area contributed by atoms with E-state index < -0.39 is 26.7 Å². The van der Waals surface area contributed by atoms with Crippen LogP contribution in [0.4, 0.5) is 5.69 Å². The van der Waals surface area contributed by atoms with Crippen LogP contribution in [-0.2, 0) is 13.9 Å². The van der Waals surface area contributed by atoms with Crippen LogP contribution < -0.4 is 10.6 Å². The fraction of sp³-hybridized carbons (Fsp3) is 0.680. The zero-order chi connectivity index (χ0) is 32.7. The molecule has 16 heteroatoms. The predicted molar refractivity (Wildman–Crippen MR) is 171 cm³/mol. The third-order valence-corrected chi connectivity index (χ3v) is 9.73. The van der Waals surface area contributed by atoms with Crippen molar-refractivity contribution in [2.75, 3.05) is 65.2 Å². The lowest BCUT2D eigenvalue weighted by Gasteiger charge is -2.29. The molecule has 0 atom stereocenters. The van der Waals surface area contributed by atoms with Gasteiger partial charge in [-0.15, -0.1) is 0 Å². The van der Waals surface area contributed by atoms with Gasteiger partial charge in [0.15, 0.2) is 5.11 Å². The number of hydrogen-bond donors (Lipinski definition) is 7. The van der Waals surface area contributed by atoms with Crippen molar-refractivity contribution in [3.63, 3.8) is 0 Å². The number of rotatable bonds is 13. The fourth-order valence-corrected chi connectivity index (χ4v) is 5.23. The summed E-state index contributed by atoms with van der Waals surface area (Å²) in [7, 11) is -7.52. The molecule has 0 unspecified atom stereocenters. The first-order valence-corrected chi connectivity index (χ1v) is 17.1. The van der Waals surface area contributed by atoms with Crippen LogP contribution in [0.2, 0.25) is 0 Å². The molecule has 0 spiro atoms. The van der Waals surface area contributed by atoms with Gasteiger partial charge in [0.2, 0.25) is 6.41 Å². The van der Waals surface area contributed by atoms with Gasteiger partial charge in [-0.05, 0) is 63.6 Å². The first-order valence-electron chi connectivity index (χ1n) is 13.4. The highest BCUT2D eigenvalue weighted by atomic mass is 32.1. The van der Waals surface area contributed by atoms with Crippen molar-refractivity contribution in [3.05, 3.63) is 30.3 Å². The lowest BCUT2D eigenvalue weighted by Crippen LogP contribution is -2.36. The standard InChI is InChI=1S/C10H16N2O7P2S.2C6H15N.C3H7NO/c13-10(20(14,15)16,21(17,18)19)6-7-11-9(22)12-8-4-2-1-3-5-8;2*1-4-7(5-2)6-3;1-4(2)3-5/h1-5,13H,6-7H2,(H2,11,12,22)(H2,14,15,16)(H2,17,18,19);2*4-6H2,1-3H3;3H,1-2H3. The third kappa shape index (κ3) is 21.0. The summed E-state index contributed by atoms with van der Waals surface area (Å²) >= 11 is 4.92. The maximum absolute atomic E-state index is 11.1. The molecule has 0 aliphatic carbocycles. The van der Waals surface area contributed by atoms with Gasteiger partial charge in [0.05, 0.1) is 0 Å². The van der Waals surface area contributed by atoms with Gasteiger partial charge in [-0.3, -0.25) is 13.9 Å². The van der Waals surface area contributed by atoms with Crippen molar-refractivity contribution in [1.82, 2.24) is 20.0 Å². The van der Waals surface area contributed by atoms with Gasteiger partial charge in [-0.2, -0.15) is 0 Å². The Bertz CT molecular complexity index is 850. The van der Waals surface area contributed by atoms with Crippen LogP contribution >= 0.6 is 27.4 Å². The van der Waals surface area contributed by atoms with E-state index >= 15 is 0 Å². The van der Waals surface area contributed by atoms with Gasteiger partial charge in [-0.1, -0.05) is 59.7 Å². The lowest BCUT2D eigenvalue weighted by atomic mass is 10.3. The van der Waals surface area contributed by atoms with Gasteiger partial charge < -0.3 is 50.0 Å². The van der Waals surface area contributed by atoms with E-state index in [-0.39, 0.29) is 11.7 Å². The second kappa shape index (κ2) is 24.0. The number of anilines is 1. The Balaban J connectivity index is -0.000000616. The number of benzene rings is 1. The van der Waals surface area contributed by atoms with Crippen LogP contribution in [0.3, 0.4) is 0 Å². The summed E-state index contributed by atoms with van der Waals surface area (Å²) in [6.07, 6.45) is -0.141. The first kappa shape index (κ1) is 44.0. The lowest BCUT2D eigenvalue weighted by molar-refractivity contribution is -0.115. The highest BCUT2D eigenvalue weighted by molar-refractivity contribution is 7.80. The quantitative estimate of drug-likeness (QED) is 0.0944. The molecule has 0 saturated carbocycles. The maximum atomic E-state index is 11.1. The van der Waals surface area contributed by atoms with Crippen LogP contribution in [0.1, 0.15) is 48.0 Å². The van der Waals surface area contributed by atoms with Gasteiger partial charge in [0, 0.05) is 32.7 Å². The molecule has 0 aromatic heterocycles. The molecule has 0 aliphatic rings. The van der Waals surface area contributed by atoms with E-state index in [1.54, 1.807) is 44.4 Å². The normalized spacial score (nSPS) is 11.2. The van der Waals surface area contributed by atoms with Crippen LogP contribution in [0, 0.1) is 0 Å². The number of aliphatic hydroxyl groups is 1. The summed E-state index contributed by atoms with van der Waals surface area (Å²) < 4.78 is 22.3. The Hall–Kier alpha value is -1.44. The Morgan fingerprint density at radius 1 is 0.829 bits per heavy atom. The van der Waals surface area contributed by atoms with Crippen molar-refractivity contribution in [3.8, 4) is 0 Å². The summed E-state index contributed by atoms with van der Waals surface area (Å²) in [6.45, 7) is 19.9. The van der Waals surface area contributed by atoms with Crippen molar-refractivity contribution in [2.45, 2.75) is 53.0 Å². The second-order valence-corrected chi connectivity index (χ2v) is 13.1. The summed E-state index contributed by atoms with van der Waals surface area (Å²) in [5, 5.41) is 11.5. The van der Waals surface area contributed by atoms with Crippen molar-refractivity contribution >= 4 is 44.6 Å². The zero-order valence-corrected chi connectivity index (χ0v) is 28.3. The summed E-state index contributed by atoms with van der Waals surface area (Å²) in [5.41, 5.74) is 0.653. The molecule has 0 bridgehead atoms. The van der Waals surface area contributed by atoms with Crippen LogP contribution in [0.15, 0.2) is 30.3 Å². The topological polar surface area (TPSA) is 186 Å². The monoisotopic (exact) mass is 645 g/mol. The third-order valence-electron chi connectivity index (χ3n) is 5.60. The Kier molecular flexibility index (Phi) is 25.8. The molecule has 0 heterocycles. The van der Waals surface area contributed by atoms with E-state index in [0.29, 0.717) is 5.69 Å². The molecule has 7 N–H and O–H groups in total. The van der Waals surface area contributed by atoms with E-state index in [4.69, 9.17) is 31.8 Å². The summed E-state index contributed by atoms with van der Waals surface area (Å²) in [5.74, 6) is 0. The largest absolute Gasteiger partial charge is 0.369 e. The molecule has 0 fully saturated rings. The van der Waals surface area contributed by atoms with E-state index in [1.165, 1.54) is 44.2 Å². The molecule has 1 aromatic carbocycles. The van der Waals surface area contributed by atoms with E-state index in [1.807, 2.05) is 0 Å². The maximum Gasteiger partial charge on any atom is 0.369 e. The van der Waals surface area contributed by atoms with Crippen molar-refractivity contribution in [2.24, 2.45) is 0 Å². The molecular formula is C25H53N5O8P2S.